The van der Waals surface area contributed by atoms with Crippen LogP contribution in [-0.4, -0.2) is 38.3 Å². The maximum Gasteiger partial charge on any atom is 0.234 e. The summed E-state index contributed by atoms with van der Waals surface area (Å²) in [7, 11) is 0. The van der Waals surface area contributed by atoms with Gasteiger partial charge in [0, 0.05) is 25.6 Å². The maximum absolute atomic E-state index is 5.81. The van der Waals surface area contributed by atoms with Crippen molar-refractivity contribution in [3.8, 4) is 11.4 Å². The quantitative estimate of drug-likeness (QED) is 0.699. The molecular weight excluding hydrogens is 342 g/mol. The molecule has 5 rings (SSSR count). The molecule has 7 heteroatoms. The largest absolute Gasteiger partial charge is 0.424 e. The predicted octanol–water partition coefficient (Wildman–Crippen LogP) is 3.54. The van der Waals surface area contributed by atoms with Gasteiger partial charge in [-0.1, -0.05) is 41.9 Å². The summed E-state index contributed by atoms with van der Waals surface area (Å²) in [6, 6.07) is 10.1. The molecule has 3 aromatic rings. The third-order valence-corrected chi connectivity index (χ3v) is 6.23. The number of fused-ring (bicyclic) bond motifs is 1. The Morgan fingerprint density at radius 1 is 1.22 bits per heavy atom. The molecule has 1 aliphatic heterocycles. The molecule has 2 aliphatic rings. The molecule has 1 saturated carbocycles. The molecule has 0 amide bonds. The van der Waals surface area contributed by atoms with Crippen LogP contribution >= 0.6 is 0 Å². The number of rotatable bonds is 4. The first-order valence-corrected chi connectivity index (χ1v) is 9.59. The van der Waals surface area contributed by atoms with E-state index in [9.17, 15) is 0 Å². The fraction of sp³-hybridized carbons (Fsp3) is 0.500. The minimum Gasteiger partial charge on any atom is -0.424 e. The highest BCUT2D eigenvalue weighted by molar-refractivity contribution is 5.53. The van der Waals surface area contributed by atoms with Gasteiger partial charge in [-0.2, -0.15) is 4.98 Å². The minimum absolute atomic E-state index is 0.0661. The summed E-state index contributed by atoms with van der Waals surface area (Å²) >= 11 is 0. The lowest BCUT2D eigenvalue weighted by Crippen LogP contribution is -2.33. The van der Waals surface area contributed by atoms with E-state index in [0.717, 1.165) is 31.0 Å². The van der Waals surface area contributed by atoms with Crippen molar-refractivity contribution in [2.45, 2.75) is 44.6 Å². The van der Waals surface area contributed by atoms with E-state index in [-0.39, 0.29) is 11.5 Å². The summed E-state index contributed by atoms with van der Waals surface area (Å²) in [5.74, 6) is 3.26. The molecular formula is C20H23N5O2. The highest BCUT2D eigenvalue weighted by Crippen LogP contribution is 2.51. The SMILES string of the molecule is Cc1nnc([C@@H](C)N2C[C@H]3CCC[C@@]3(c3nc(-c4ccccc4)no3)C2)o1. The van der Waals surface area contributed by atoms with Crippen molar-refractivity contribution in [1.29, 1.82) is 0 Å². The number of nitrogens with zero attached hydrogens (tertiary/aromatic N) is 5. The van der Waals surface area contributed by atoms with Crippen LogP contribution in [0.4, 0.5) is 0 Å². The van der Waals surface area contributed by atoms with Gasteiger partial charge in [0.15, 0.2) is 0 Å². The second-order valence-corrected chi connectivity index (χ2v) is 7.80. The third kappa shape index (κ3) is 2.68. The first-order chi connectivity index (χ1) is 13.2. The summed E-state index contributed by atoms with van der Waals surface area (Å²) in [5.41, 5.74) is 0.923. The number of hydrogen-bond donors (Lipinski definition) is 0. The van der Waals surface area contributed by atoms with Crippen LogP contribution in [0.5, 0.6) is 0 Å². The molecule has 140 valence electrons. The van der Waals surface area contributed by atoms with Gasteiger partial charge >= 0.3 is 0 Å². The summed E-state index contributed by atoms with van der Waals surface area (Å²) in [6.45, 7) is 5.83. The highest BCUT2D eigenvalue weighted by atomic mass is 16.5. The molecule has 7 nitrogen and oxygen atoms in total. The lowest BCUT2D eigenvalue weighted by molar-refractivity contribution is 0.193. The van der Waals surface area contributed by atoms with E-state index in [1.165, 1.54) is 12.8 Å². The van der Waals surface area contributed by atoms with Crippen molar-refractivity contribution in [3.05, 3.63) is 48.0 Å². The van der Waals surface area contributed by atoms with Gasteiger partial charge in [-0.3, -0.25) is 4.90 Å². The van der Waals surface area contributed by atoms with Crippen molar-refractivity contribution in [3.63, 3.8) is 0 Å². The smallest absolute Gasteiger partial charge is 0.234 e. The van der Waals surface area contributed by atoms with Crippen LogP contribution in [0.1, 0.15) is 49.9 Å². The van der Waals surface area contributed by atoms with E-state index in [1.54, 1.807) is 0 Å². The van der Waals surface area contributed by atoms with Gasteiger partial charge in [-0.25, -0.2) is 0 Å². The molecule has 27 heavy (non-hydrogen) atoms. The summed E-state index contributed by atoms with van der Waals surface area (Å²) in [6.07, 6.45) is 3.48. The van der Waals surface area contributed by atoms with Gasteiger partial charge in [-0.15, -0.1) is 10.2 Å². The molecule has 3 atom stereocenters. The normalized spacial score (nSPS) is 26.4. The second kappa shape index (κ2) is 6.27. The van der Waals surface area contributed by atoms with E-state index in [4.69, 9.17) is 13.9 Å². The van der Waals surface area contributed by atoms with Gasteiger partial charge < -0.3 is 8.94 Å². The lowest BCUT2D eigenvalue weighted by atomic mass is 9.80. The number of aromatic nitrogens is 4. The van der Waals surface area contributed by atoms with Crippen LogP contribution in [0.2, 0.25) is 0 Å². The topological polar surface area (TPSA) is 81.1 Å². The predicted molar refractivity (Wildman–Crippen MR) is 97.8 cm³/mol. The fourth-order valence-electron chi connectivity index (χ4n) is 4.74. The zero-order valence-corrected chi connectivity index (χ0v) is 15.6. The maximum atomic E-state index is 5.81. The van der Waals surface area contributed by atoms with Gasteiger partial charge in [0.1, 0.15) is 0 Å². The van der Waals surface area contributed by atoms with E-state index in [1.807, 2.05) is 37.3 Å². The number of benzene rings is 1. The van der Waals surface area contributed by atoms with Gasteiger partial charge in [0.25, 0.3) is 0 Å². The average Bonchev–Trinajstić information content (AvgIpc) is 3.44. The Hall–Kier alpha value is -2.54. The van der Waals surface area contributed by atoms with Gasteiger partial charge in [0.2, 0.25) is 23.5 Å². The minimum atomic E-state index is -0.0661. The van der Waals surface area contributed by atoms with Crippen LogP contribution in [0, 0.1) is 12.8 Å². The summed E-state index contributed by atoms with van der Waals surface area (Å²) < 4.78 is 11.5. The van der Waals surface area contributed by atoms with Crippen molar-refractivity contribution in [2.75, 3.05) is 13.1 Å². The molecule has 1 aliphatic carbocycles. The van der Waals surface area contributed by atoms with Crippen LogP contribution in [-0.2, 0) is 5.41 Å². The Kier molecular flexibility index (Phi) is 3.86. The third-order valence-electron chi connectivity index (χ3n) is 6.23. The highest BCUT2D eigenvalue weighted by Gasteiger charge is 2.55. The molecule has 0 bridgehead atoms. The Morgan fingerprint density at radius 2 is 2.07 bits per heavy atom. The monoisotopic (exact) mass is 365 g/mol. The first kappa shape index (κ1) is 16.6. The van der Waals surface area contributed by atoms with Crippen LogP contribution < -0.4 is 0 Å². The van der Waals surface area contributed by atoms with E-state index >= 15 is 0 Å². The fourth-order valence-corrected chi connectivity index (χ4v) is 4.74. The standard InChI is InChI=1S/C20H23N5O2/c1-13(18-23-22-14(2)26-18)25-11-16-9-6-10-20(16,12-25)19-21-17(24-27-19)15-7-4-3-5-8-15/h3-5,7-8,13,16H,6,9-12H2,1-2H3/t13-,16-,20-/m1/s1. The zero-order valence-electron chi connectivity index (χ0n) is 15.6. The van der Waals surface area contributed by atoms with Gasteiger partial charge in [0.05, 0.1) is 11.5 Å². The van der Waals surface area contributed by atoms with Crippen molar-refractivity contribution in [2.24, 2.45) is 5.92 Å². The average molecular weight is 365 g/mol. The molecule has 0 spiro atoms. The molecule has 1 aromatic carbocycles. The van der Waals surface area contributed by atoms with E-state index < -0.39 is 0 Å². The van der Waals surface area contributed by atoms with Gasteiger partial charge in [-0.05, 0) is 25.7 Å². The van der Waals surface area contributed by atoms with Crippen molar-refractivity contribution < 1.29 is 8.94 Å². The molecule has 0 radical (unpaired) electrons. The lowest BCUT2D eigenvalue weighted by Gasteiger charge is -2.26. The number of likely N-dealkylation sites (tertiary alicyclic amines) is 1. The molecule has 1 saturated heterocycles. The van der Waals surface area contributed by atoms with Crippen LogP contribution in [0.25, 0.3) is 11.4 Å². The molecule has 0 N–H and O–H groups in total. The van der Waals surface area contributed by atoms with Crippen LogP contribution in [0.3, 0.4) is 0 Å². The number of hydrogen-bond acceptors (Lipinski definition) is 7. The zero-order chi connectivity index (χ0) is 18.4. The Labute approximate surface area is 157 Å². The second-order valence-electron chi connectivity index (χ2n) is 7.80. The molecule has 2 fully saturated rings. The molecule has 3 heterocycles. The molecule has 0 unspecified atom stereocenters. The number of aryl methyl sites for hydroxylation is 1. The summed E-state index contributed by atoms with van der Waals surface area (Å²) in [5, 5.41) is 12.5. The van der Waals surface area contributed by atoms with Crippen LogP contribution in [0.15, 0.2) is 39.3 Å². The van der Waals surface area contributed by atoms with E-state index in [2.05, 4.69) is 27.2 Å². The van der Waals surface area contributed by atoms with Crippen molar-refractivity contribution in [1.82, 2.24) is 25.2 Å². The summed E-state index contributed by atoms with van der Waals surface area (Å²) in [4.78, 5) is 7.23. The van der Waals surface area contributed by atoms with E-state index in [0.29, 0.717) is 23.5 Å². The molecule has 2 aromatic heterocycles. The van der Waals surface area contributed by atoms with Crippen molar-refractivity contribution >= 4 is 0 Å². The Balaban J connectivity index is 1.44. The Bertz CT molecular complexity index is 937. The Morgan fingerprint density at radius 3 is 2.85 bits per heavy atom. The first-order valence-electron chi connectivity index (χ1n) is 9.59.